The molecule has 4 atom stereocenters. The first-order chi connectivity index (χ1) is 8.11. The van der Waals surface area contributed by atoms with Crippen molar-refractivity contribution in [1.82, 2.24) is 5.32 Å². The second-order valence-electron chi connectivity index (χ2n) is 5.45. The molecule has 1 saturated carbocycles. The zero-order valence-electron chi connectivity index (χ0n) is 10.9. The molecule has 1 heterocycles. The van der Waals surface area contributed by atoms with E-state index in [9.17, 15) is 0 Å². The third-order valence-corrected chi connectivity index (χ3v) is 3.90. The van der Waals surface area contributed by atoms with E-state index in [2.05, 4.69) is 31.3 Å². The van der Waals surface area contributed by atoms with Crippen LogP contribution in [-0.4, -0.2) is 17.8 Å². The lowest BCUT2D eigenvalue weighted by Gasteiger charge is -2.18. The van der Waals surface area contributed by atoms with Crippen molar-refractivity contribution < 1.29 is 9.52 Å². The molecule has 0 aliphatic heterocycles. The Bertz CT molecular complexity index is 361. The van der Waals surface area contributed by atoms with Gasteiger partial charge in [0.05, 0.1) is 6.54 Å². The van der Waals surface area contributed by atoms with E-state index in [1.54, 1.807) is 0 Å². The van der Waals surface area contributed by atoms with Crippen molar-refractivity contribution in [2.75, 3.05) is 6.61 Å². The summed E-state index contributed by atoms with van der Waals surface area (Å²) >= 11 is 0. The predicted molar refractivity (Wildman–Crippen MR) is 67.8 cm³/mol. The van der Waals surface area contributed by atoms with Gasteiger partial charge in [-0.25, -0.2) is 0 Å². The number of furan rings is 1. The molecule has 3 nitrogen and oxygen atoms in total. The van der Waals surface area contributed by atoms with Crippen LogP contribution in [0.25, 0.3) is 0 Å². The summed E-state index contributed by atoms with van der Waals surface area (Å²) in [5, 5.41) is 12.4. The van der Waals surface area contributed by atoms with Gasteiger partial charge in [-0.15, -0.1) is 0 Å². The number of hydrogen-bond acceptors (Lipinski definition) is 3. The Balaban J connectivity index is 1.81. The van der Waals surface area contributed by atoms with Gasteiger partial charge in [-0.05, 0) is 37.3 Å². The van der Waals surface area contributed by atoms with Crippen molar-refractivity contribution in [2.45, 2.75) is 45.7 Å². The summed E-state index contributed by atoms with van der Waals surface area (Å²) in [6.45, 7) is 7.35. The fourth-order valence-corrected chi connectivity index (χ4v) is 2.03. The lowest BCUT2D eigenvalue weighted by Crippen LogP contribution is -2.33. The maximum atomic E-state index is 9.05. The molecule has 2 rings (SSSR count). The molecule has 2 N–H and O–H groups in total. The monoisotopic (exact) mass is 237 g/mol. The van der Waals surface area contributed by atoms with Crippen LogP contribution in [0.2, 0.25) is 0 Å². The van der Waals surface area contributed by atoms with Crippen LogP contribution in [0, 0.1) is 11.8 Å². The average Bonchev–Trinajstić information content (AvgIpc) is 2.89. The van der Waals surface area contributed by atoms with Crippen LogP contribution < -0.4 is 5.32 Å². The molecular formula is C14H23NO2. The van der Waals surface area contributed by atoms with Crippen molar-refractivity contribution in [1.29, 1.82) is 0 Å². The summed E-state index contributed by atoms with van der Waals surface area (Å²) in [6.07, 6.45) is 1.26. The van der Waals surface area contributed by atoms with E-state index < -0.39 is 0 Å². The minimum atomic E-state index is 0.219. The Kier molecular flexibility index (Phi) is 3.89. The molecule has 0 amide bonds. The molecule has 1 aliphatic carbocycles. The first-order valence-electron chi connectivity index (χ1n) is 6.54. The molecule has 96 valence electrons. The van der Waals surface area contributed by atoms with E-state index in [4.69, 9.17) is 9.52 Å². The third-order valence-electron chi connectivity index (χ3n) is 3.90. The Labute approximate surface area is 103 Å². The predicted octanol–water partition coefficient (Wildman–Crippen LogP) is 2.51. The van der Waals surface area contributed by atoms with Gasteiger partial charge in [-0.2, -0.15) is 0 Å². The van der Waals surface area contributed by atoms with Gasteiger partial charge in [0.25, 0.3) is 0 Å². The molecule has 0 aromatic carbocycles. The summed E-state index contributed by atoms with van der Waals surface area (Å²) in [7, 11) is 0. The van der Waals surface area contributed by atoms with Gasteiger partial charge < -0.3 is 14.8 Å². The van der Waals surface area contributed by atoms with Gasteiger partial charge in [-0.1, -0.05) is 13.8 Å². The highest BCUT2D eigenvalue weighted by molar-refractivity contribution is 5.17. The Morgan fingerprint density at radius 3 is 2.76 bits per heavy atom. The number of aliphatic hydroxyl groups excluding tert-OH is 1. The van der Waals surface area contributed by atoms with Crippen molar-refractivity contribution in [3.8, 4) is 0 Å². The van der Waals surface area contributed by atoms with Crippen LogP contribution in [0.5, 0.6) is 0 Å². The van der Waals surface area contributed by atoms with Gasteiger partial charge in [0.15, 0.2) is 0 Å². The molecule has 17 heavy (non-hydrogen) atoms. The molecule has 0 spiro atoms. The van der Waals surface area contributed by atoms with Crippen LogP contribution in [0.3, 0.4) is 0 Å². The molecular weight excluding hydrogens is 214 g/mol. The first kappa shape index (κ1) is 12.7. The van der Waals surface area contributed by atoms with Crippen molar-refractivity contribution in [3.63, 3.8) is 0 Å². The van der Waals surface area contributed by atoms with Gasteiger partial charge >= 0.3 is 0 Å². The summed E-state index contributed by atoms with van der Waals surface area (Å²) in [4.78, 5) is 0. The molecule has 0 bridgehead atoms. The summed E-state index contributed by atoms with van der Waals surface area (Å²) in [5.74, 6) is 3.84. The molecule has 0 saturated heterocycles. The van der Waals surface area contributed by atoms with Crippen LogP contribution in [0.4, 0.5) is 0 Å². The maximum absolute atomic E-state index is 9.05. The quantitative estimate of drug-likeness (QED) is 0.799. The Morgan fingerprint density at radius 1 is 1.47 bits per heavy atom. The minimum Gasteiger partial charge on any atom is -0.464 e. The van der Waals surface area contributed by atoms with E-state index in [-0.39, 0.29) is 12.5 Å². The van der Waals surface area contributed by atoms with E-state index in [1.807, 2.05) is 6.92 Å². The molecule has 1 fully saturated rings. The lowest BCUT2D eigenvalue weighted by molar-refractivity contribution is 0.205. The number of aliphatic hydroxyl groups is 1. The normalized spacial score (nSPS) is 26.8. The smallest absolute Gasteiger partial charge is 0.117 e. The largest absolute Gasteiger partial charge is 0.464 e. The van der Waals surface area contributed by atoms with Crippen LogP contribution in [0.15, 0.2) is 16.5 Å². The van der Waals surface area contributed by atoms with E-state index >= 15 is 0 Å². The second kappa shape index (κ2) is 5.23. The molecule has 1 aromatic rings. The van der Waals surface area contributed by atoms with E-state index in [1.165, 1.54) is 6.42 Å². The number of nitrogens with one attached hydrogen (secondary N) is 1. The molecule has 0 radical (unpaired) electrons. The van der Waals surface area contributed by atoms with E-state index in [0.29, 0.717) is 12.0 Å². The fourth-order valence-electron chi connectivity index (χ4n) is 2.03. The van der Waals surface area contributed by atoms with Gasteiger partial charge in [-0.3, -0.25) is 0 Å². The summed E-state index contributed by atoms with van der Waals surface area (Å²) in [6, 6.07) is 4.46. The standard InChI is InChI=1S/C14H23NO2/c1-9-6-13(9)14-5-4-12(17-14)7-15-11(3)10(2)8-16/h4-5,9-11,13,15-16H,6-8H2,1-3H3. The highest BCUT2D eigenvalue weighted by Crippen LogP contribution is 2.47. The molecule has 1 aliphatic rings. The van der Waals surface area contributed by atoms with Gasteiger partial charge in [0, 0.05) is 18.6 Å². The number of hydrogen-bond donors (Lipinski definition) is 2. The maximum Gasteiger partial charge on any atom is 0.117 e. The van der Waals surface area contributed by atoms with Crippen molar-refractivity contribution in [2.24, 2.45) is 11.8 Å². The Morgan fingerprint density at radius 2 is 2.18 bits per heavy atom. The van der Waals surface area contributed by atoms with Crippen LogP contribution in [-0.2, 0) is 6.54 Å². The lowest BCUT2D eigenvalue weighted by atomic mass is 10.1. The molecule has 1 aromatic heterocycles. The summed E-state index contributed by atoms with van der Waals surface area (Å²) < 4.78 is 5.82. The minimum absolute atomic E-state index is 0.219. The zero-order chi connectivity index (χ0) is 12.4. The SMILES string of the molecule is CC(CO)C(C)NCc1ccc(C2CC2C)o1. The molecule has 3 heteroatoms. The topological polar surface area (TPSA) is 45.4 Å². The highest BCUT2D eigenvalue weighted by Gasteiger charge is 2.36. The number of rotatable bonds is 6. The fraction of sp³-hybridized carbons (Fsp3) is 0.714. The molecule has 4 unspecified atom stereocenters. The Hall–Kier alpha value is -0.800. The van der Waals surface area contributed by atoms with Gasteiger partial charge in [0.2, 0.25) is 0 Å². The van der Waals surface area contributed by atoms with Gasteiger partial charge in [0.1, 0.15) is 11.5 Å². The zero-order valence-corrected chi connectivity index (χ0v) is 10.9. The second-order valence-corrected chi connectivity index (χ2v) is 5.45. The van der Waals surface area contributed by atoms with Crippen molar-refractivity contribution in [3.05, 3.63) is 23.7 Å². The average molecular weight is 237 g/mol. The van der Waals surface area contributed by atoms with Crippen LogP contribution >= 0.6 is 0 Å². The van der Waals surface area contributed by atoms with E-state index in [0.717, 1.165) is 24.0 Å². The third kappa shape index (κ3) is 3.11. The van der Waals surface area contributed by atoms with Crippen molar-refractivity contribution >= 4 is 0 Å². The first-order valence-corrected chi connectivity index (χ1v) is 6.54. The highest BCUT2D eigenvalue weighted by atomic mass is 16.3. The van der Waals surface area contributed by atoms with Crippen LogP contribution in [0.1, 0.15) is 44.6 Å². The summed E-state index contributed by atoms with van der Waals surface area (Å²) in [5.41, 5.74) is 0.